The number of hydrogen-bond acceptors (Lipinski definition) is 3. The van der Waals surface area contributed by atoms with Crippen molar-refractivity contribution >= 4 is 15.7 Å². The van der Waals surface area contributed by atoms with Crippen LogP contribution in [0.15, 0.2) is 34.3 Å². The highest BCUT2D eigenvalue weighted by molar-refractivity contribution is 7.89. The molecule has 0 amide bonds. The highest BCUT2D eigenvalue weighted by Crippen LogP contribution is 2.62. The minimum atomic E-state index is -3.53. The van der Waals surface area contributed by atoms with Crippen LogP contribution in [0.25, 0.3) is 0 Å². The third-order valence-electron chi connectivity index (χ3n) is 5.16. The van der Waals surface area contributed by atoms with Crippen LogP contribution in [-0.4, -0.2) is 14.1 Å². The zero-order valence-corrected chi connectivity index (χ0v) is 12.9. The van der Waals surface area contributed by atoms with E-state index in [1.807, 2.05) is 6.92 Å². The van der Waals surface area contributed by atoms with Crippen LogP contribution in [0, 0.1) is 30.6 Å². The quantitative estimate of drug-likeness (QED) is 0.873. The average Bonchev–Trinajstić information content (AvgIpc) is 3.29. The molecule has 3 saturated carbocycles. The largest absolute Gasteiger partial charge is 0.276 e. The number of nitrogens with zero attached hydrogens (tertiary/aromatic N) is 1. The van der Waals surface area contributed by atoms with Gasteiger partial charge in [-0.05, 0) is 68.4 Å². The van der Waals surface area contributed by atoms with Gasteiger partial charge >= 0.3 is 0 Å². The topological polar surface area (TPSA) is 58.5 Å². The first-order chi connectivity index (χ1) is 10.0. The lowest BCUT2D eigenvalue weighted by Gasteiger charge is -2.07. The number of sulfonamides is 1. The van der Waals surface area contributed by atoms with E-state index in [0.29, 0.717) is 0 Å². The number of rotatable bonds is 3. The SMILES string of the molecule is Cc1ccc(S(=O)(=O)NN=C2C[C@H]3C[C@H]3[C@@H]3C[C@@H]3C2)cc1. The number of nitrogens with one attached hydrogen (secondary N) is 1. The minimum absolute atomic E-state index is 0.277. The first-order valence-electron chi connectivity index (χ1n) is 7.67. The molecular weight excluding hydrogens is 284 g/mol. The van der Waals surface area contributed by atoms with Crippen molar-refractivity contribution < 1.29 is 8.42 Å². The van der Waals surface area contributed by atoms with E-state index in [0.717, 1.165) is 47.8 Å². The van der Waals surface area contributed by atoms with Crippen LogP contribution in [0.3, 0.4) is 0 Å². The lowest BCUT2D eigenvalue weighted by Crippen LogP contribution is -2.20. The third kappa shape index (κ3) is 2.59. The molecule has 5 heteroatoms. The molecule has 4 rings (SSSR count). The summed E-state index contributed by atoms with van der Waals surface area (Å²) in [7, 11) is -3.53. The van der Waals surface area contributed by atoms with Crippen molar-refractivity contribution in [3.63, 3.8) is 0 Å². The van der Waals surface area contributed by atoms with E-state index in [2.05, 4.69) is 9.93 Å². The number of aryl methyl sites for hydroxylation is 1. The van der Waals surface area contributed by atoms with Crippen molar-refractivity contribution in [2.75, 3.05) is 0 Å². The molecule has 0 spiro atoms. The fourth-order valence-electron chi connectivity index (χ4n) is 3.73. The highest BCUT2D eigenvalue weighted by Gasteiger charge is 2.55. The van der Waals surface area contributed by atoms with Crippen molar-refractivity contribution in [1.29, 1.82) is 0 Å². The van der Waals surface area contributed by atoms with Gasteiger partial charge in [-0.3, -0.25) is 0 Å². The predicted octanol–water partition coefficient (Wildman–Crippen LogP) is 2.70. The van der Waals surface area contributed by atoms with E-state index in [1.165, 1.54) is 12.8 Å². The monoisotopic (exact) mass is 304 g/mol. The molecular formula is C16H20N2O2S. The predicted molar refractivity (Wildman–Crippen MR) is 81.4 cm³/mol. The summed E-state index contributed by atoms with van der Waals surface area (Å²) >= 11 is 0. The summed E-state index contributed by atoms with van der Waals surface area (Å²) in [5.41, 5.74) is 2.09. The molecule has 0 bridgehead atoms. The molecule has 0 radical (unpaired) electrons. The molecule has 4 atom stereocenters. The van der Waals surface area contributed by atoms with Gasteiger partial charge in [-0.1, -0.05) is 17.7 Å². The Bertz CT molecular complexity index is 673. The van der Waals surface area contributed by atoms with E-state index >= 15 is 0 Å². The van der Waals surface area contributed by atoms with Crippen LogP contribution in [0.5, 0.6) is 0 Å². The molecule has 21 heavy (non-hydrogen) atoms. The zero-order valence-electron chi connectivity index (χ0n) is 12.1. The van der Waals surface area contributed by atoms with Crippen molar-refractivity contribution in [2.24, 2.45) is 28.8 Å². The van der Waals surface area contributed by atoms with Crippen molar-refractivity contribution in [2.45, 2.75) is 37.5 Å². The molecule has 3 aliphatic carbocycles. The lowest BCUT2D eigenvalue weighted by atomic mass is 10.1. The Morgan fingerprint density at radius 2 is 1.62 bits per heavy atom. The maximum atomic E-state index is 12.2. The number of benzene rings is 1. The van der Waals surface area contributed by atoms with Gasteiger partial charge in [0.2, 0.25) is 0 Å². The second-order valence-corrected chi connectivity index (χ2v) is 8.47. The van der Waals surface area contributed by atoms with E-state index in [4.69, 9.17) is 0 Å². The van der Waals surface area contributed by atoms with Crippen LogP contribution in [0.4, 0.5) is 0 Å². The second kappa shape index (κ2) is 4.57. The summed E-state index contributed by atoms with van der Waals surface area (Å²) in [5.74, 6) is 3.36. The van der Waals surface area contributed by atoms with Crippen LogP contribution in [-0.2, 0) is 10.0 Å². The second-order valence-electron chi connectivity index (χ2n) is 6.81. The summed E-state index contributed by atoms with van der Waals surface area (Å²) in [4.78, 5) is 2.71. The molecule has 1 aromatic rings. The standard InChI is InChI=1S/C16H20N2O2S/c1-10-2-4-14(5-3-10)21(19,20)18-17-13-6-11-8-15(11)16-9-12(16)7-13/h2-5,11-12,15-16,18H,6-9H2,1H3/t11-,12-,15+,16+/m0/s1. The normalized spacial score (nSPS) is 33.5. The van der Waals surface area contributed by atoms with Gasteiger partial charge in [0, 0.05) is 5.71 Å². The first-order valence-corrected chi connectivity index (χ1v) is 9.15. The maximum Gasteiger partial charge on any atom is 0.276 e. The molecule has 0 saturated heterocycles. The molecule has 112 valence electrons. The van der Waals surface area contributed by atoms with Crippen LogP contribution < -0.4 is 4.83 Å². The van der Waals surface area contributed by atoms with Gasteiger partial charge < -0.3 is 0 Å². The first kappa shape index (κ1) is 13.3. The van der Waals surface area contributed by atoms with Gasteiger partial charge in [-0.25, -0.2) is 4.83 Å². The average molecular weight is 304 g/mol. The van der Waals surface area contributed by atoms with Crippen LogP contribution >= 0.6 is 0 Å². The number of hydrazone groups is 1. The van der Waals surface area contributed by atoms with Gasteiger partial charge in [0.05, 0.1) is 4.90 Å². The van der Waals surface area contributed by atoms with Gasteiger partial charge in [0.25, 0.3) is 10.0 Å². The third-order valence-corrected chi connectivity index (χ3v) is 6.38. The Morgan fingerprint density at radius 1 is 1.05 bits per heavy atom. The Balaban J connectivity index is 1.49. The molecule has 1 aromatic carbocycles. The fraction of sp³-hybridized carbons (Fsp3) is 0.562. The summed E-state index contributed by atoms with van der Waals surface area (Å²) in [6, 6.07) is 6.85. The van der Waals surface area contributed by atoms with Crippen molar-refractivity contribution in [3.8, 4) is 0 Å². The summed E-state index contributed by atoms with van der Waals surface area (Å²) < 4.78 is 24.5. The Hall–Kier alpha value is -1.36. The molecule has 0 heterocycles. The van der Waals surface area contributed by atoms with E-state index in [9.17, 15) is 8.42 Å². The molecule has 0 aliphatic heterocycles. The molecule has 4 nitrogen and oxygen atoms in total. The summed E-state index contributed by atoms with van der Waals surface area (Å²) in [5, 5.41) is 4.25. The Kier molecular flexibility index (Phi) is 2.89. The smallest absolute Gasteiger partial charge is 0.200 e. The zero-order chi connectivity index (χ0) is 14.6. The van der Waals surface area contributed by atoms with Gasteiger partial charge in [0.15, 0.2) is 0 Å². The minimum Gasteiger partial charge on any atom is -0.200 e. The van der Waals surface area contributed by atoms with Crippen LogP contribution in [0.2, 0.25) is 0 Å². The Labute approximate surface area is 125 Å². The van der Waals surface area contributed by atoms with Gasteiger partial charge in [-0.15, -0.1) is 0 Å². The Morgan fingerprint density at radius 3 is 2.19 bits per heavy atom. The lowest BCUT2D eigenvalue weighted by molar-refractivity contribution is 0.584. The summed E-state index contributed by atoms with van der Waals surface area (Å²) in [6.45, 7) is 1.94. The molecule has 3 fully saturated rings. The van der Waals surface area contributed by atoms with Gasteiger partial charge in [0.1, 0.15) is 0 Å². The number of fused-ring (bicyclic) bond motifs is 3. The molecule has 0 unspecified atom stereocenters. The van der Waals surface area contributed by atoms with Crippen molar-refractivity contribution in [1.82, 2.24) is 4.83 Å². The van der Waals surface area contributed by atoms with E-state index in [1.54, 1.807) is 24.3 Å². The number of hydrogen-bond donors (Lipinski definition) is 1. The van der Waals surface area contributed by atoms with E-state index < -0.39 is 10.0 Å². The molecule has 0 aromatic heterocycles. The molecule has 1 N–H and O–H groups in total. The van der Waals surface area contributed by atoms with Gasteiger partial charge in [-0.2, -0.15) is 13.5 Å². The fourth-order valence-corrected chi connectivity index (χ4v) is 4.58. The van der Waals surface area contributed by atoms with Crippen LogP contribution in [0.1, 0.15) is 31.2 Å². The molecule has 3 aliphatic rings. The maximum absolute atomic E-state index is 12.2. The highest BCUT2D eigenvalue weighted by atomic mass is 32.2. The summed E-state index contributed by atoms with van der Waals surface area (Å²) in [6.07, 6.45) is 4.61. The van der Waals surface area contributed by atoms with E-state index in [-0.39, 0.29) is 4.90 Å². The van der Waals surface area contributed by atoms with Crippen molar-refractivity contribution in [3.05, 3.63) is 29.8 Å².